The molecule has 100 valence electrons. The monoisotopic (exact) mass is 250 g/mol. The molecule has 0 saturated carbocycles. The number of carbonyl (C=O) groups excluding carboxylic acids is 1. The van der Waals surface area contributed by atoms with Crippen molar-refractivity contribution in [1.82, 2.24) is 4.90 Å². The van der Waals surface area contributed by atoms with Crippen LogP contribution in [-0.2, 0) is 0 Å². The first kappa shape index (κ1) is 14.4. The molecule has 0 aliphatic heterocycles. The van der Waals surface area contributed by atoms with E-state index in [0.29, 0.717) is 30.2 Å². The van der Waals surface area contributed by atoms with Crippen LogP contribution in [-0.4, -0.2) is 30.0 Å². The van der Waals surface area contributed by atoms with Gasteiger partial charge in [-0.15, -0.1) is 0 Å². The summed E-state index contributed by atoms with van der Waals surface area (Å²) in [6.07, 6.45) is 0. The van der Waals surface area contributed by atoms with E-state index < -0.39 is 0 Å². The second kappa shape index (κ2) is 6.28. The Morgan fingerprint density at radius 3 is 2.56 bits per heavy atom. The third-order valence-corrected chi connectivity index (χ3v) is 2.79. The molecule has 1 rings (SSSR count). The third-order valence-electron chi connectivity index (χ3n) is 2.79. The fourth-order valence-corrected chi connectivity index (χ4v) is 1.93. The first-order valence-corrected chi connectivity index (χ1v) is 6.35. The zero-order chi connectivity index (χ0) is 13.7. The second-order valence-electron chi connectivity index (χ2n) is 4.34. The molecular weight excluding hydrogens is 228 g/mol. The van der Waals surface area contributed by atoms with Gasteiger partial charge in [0.1, 0.15) is 0 Å². The van der Waals surface area contributed by atoms with Crippen molar-refractivity contribution in [2.24, 2.45) is 0 Å². The Morgan fingerprint density at radius 2 is 2.06 bits per heavy atom. The number of hydrogen-bond acceptors (Lipinski definition) is 3. The molecule has 1 aromatic carbocycles. The normalized spacial score (nSPS) is 10.5. The summed E-state index contributed by atoms with van der Waals surface area (Å²) >= 11 is 0. The number of nitrogens with zero attached hydrogens (tertiary/aromatic N) is 1. The average Bonchev–Trinajstić information content (AvgIpc) is 2.32. The molecule has 18 heavy (non-hydrogen) atoms. The van der Waals surface area contributed by atoms with Crippen LogP contribution < -0.4 is 10.5 Å². The van der Waals surface area contributed by atoms with E-state index in [-0.39, 0.29) is 11.9 Å². The predicted molar refractivity (Wildman–Crippen MR) is 73.9 cm³/mol. The molecule has 0 bridgehead atoms. The van der Waals surface area contributed by atoms with Crippen molar-refractivity contribution >= 4 is 11.6 Å². The van der Waals surface area contributed by atoms with Crippen molar-refractivity contribution in [3.05, 3.63) is 23.8 Å². The van der Waals surface area contributed by atoms with Crippen LogP contribution in [0.15, 0.2) is 18.2 Å². The van der Waals surface area contributed by atoms with E-state index in [1.807, 2.05) is 27.7 Å². The number of anilines is 1. The lowest BCUT2D eigenvalue weighted by atomic mass is 10.1. The maximum absolute atomic E-state index is 12.5. The van der Waals surface area contributed by atoms with E-state index >= 15 is 0 Å². The zero-order valence-corrected chi connectivity index (χ0v) is 11.6. The fourth-order valence-electron chi connectivity index (χ4n) is 1.93. The number of rotatable bonds is 5. The lowest BCUT2D eigenvalue weighted by molar-refractivity contribution is 0.0713. The van der Waals surface area contributed by atoms with Gasteiger partial charge in [0.2, 0.25) is 0 Å². The molecule has 0 aromatic heterocycles. The molecule has 0 radical (unpaired) electrons. The number of benzene rings is 1. The standard InChI is InChI=1S/C14H22N2O2/c1-5-16(10(3)4)14(17)11-8-7-9-12(15)13(11)18-6-2/h7-10H,5-6,15H2,1-4H3. The van der Waals surface area contributed by atoms with Crippen LogP contribution in [0.25, 0.3) is 0 Å². The lowest BCUT2D eigenvalue weighted by Crippen LogP contribution is -2.37. The average molecular weight is 250 g/mol. The number of para-hydroxylation sites is 1. The summed E-state index contributed by atoms with van der Waals surface area (Å²) in [4.78, 5) is 14.2. The Hall–Kier alpha value is -1.71. The minimum atomic E-state index is -0.0387. The van der Waals surface area contributed by atoms with Gasteiger partial charge in [0.05, 0.1) is 17.9 Å². The maximum Gasteiger partial charge on any atom is 0.257 e. The number of carbonyl (C=O) groups is 1. The van der Waals surface area contributed by atoms with Gasteiger partial charge < -0.3 is 15.4 Å². The Bertz CT molecular complexity index is 416. The minimum absolute atomic E-state index is 0.0387. The zero-order valence-electron chi connectivity index (χ0n) is 11.6. The van der Waals surface area contributed by atoms with Crippen LogP contribution in [0.5, 0.6) is 5.75 Å². The molecule has 2 N–H and O–H groups in total. The molecule has 0 aliphatic rings. The molecule has 0 spiro atoms. The van der Waals surface area contributed by atoms with Gasteiger partial charge in [-0.3, -0.25) is 4.79 Å². The van der Waals surface area contributed by atoms with E-state index in [2.05, 4.69) is 0 Å². The Labute approximate surface area is 109 Å². The topological polar surface area (TPSA) is 55.6 Å². The molecule has 1 aromatic rings. The van der Waals surface area contributed by atoms with Crippen molar-refractivity contribution in [1.29, 1.82) is 0 Å². The number of nitrogens with two attached hydrogens (primary N) is 1. The van der Waals surface area contributed by atoms with Gasteiger partial charge in [0.15, 0.2) is 5.75 Å². The highest BCUT2D eigenvalue weighted by atomic mass is 16.5. The Kier molecular flexibility index (Phi) is 5.01. The maximum atomic E-state index is 12.5. The van der Waals surface area contributed by atoms with Crippen molar-refractivity contribution in [2.45, 2.75) is 33.7 Å². The largest absolute Gasteiger partial charge is 0.491 e. The minimum Gasteiger partial charge on any atom is -0.491 e. The highest BCUT2D eigenvalue weighted by Crippen LogP contribution is 2.27. The van der Waals surface area contributed by atoms with E-state index in [4.69, 9.17) is 10.5 Å². The summed E-state index contributed by atoms with van der Waals surface area (Å²) in [5.41, 5.74) is 6.90. The van der Waals surface area contributed by atoms with Crippen LogP contribution in [0.2, 0.25) is 0 Å². The van der Waals surface area contributed by atoms with Crippen LogP contribution in [0.1, 0.15) is 38.1 Å². The van der Waals surface area contributed by atoms with Gasteiger partial charge in [0, 0.05) is 12.6 Å². The van der Waals surface area contributed by atoms with E-state index in [9.17, 15) is 4.79 Å². The molecule has 4 nitrogen and oxygen atoms in total. The molecule has 0 unspecified atom stereocenters. The van der Waals surface area contributed by atoms with Crippen LogP contribution in [0, 0.1) is 0 Å². The smallest absolute Gasteiger partial charge is 0.257 e. The Balaban J connectivity index is 3.15. The number of hydrogen-bond donors (Lipinski definition) is 1. The fraction of sp³-hybridized carbons (Fsp3) is 0.500. The third kappa shape index (κ3) is 2.94. The number of amides is 1. The van der Waals surface area contributed by atoms with Gasteiger partial charge in [-0.25, -0.2) is 0 Å². The summed E-state index contributed by atoms with van der Waals surface area (Å²) < 4.78 is 5.49. The summed E-state index contributed by atoms with van der Waals surface area (Å²) in [5, 5.41) is 0. The molecule has 4 heteroatoms. The van der Waals surface area contributed by atoms with Gasteiger partial charge in [-0.05, 0) is 39.8 Å². The first-order valence-electron chi connectivity index (χ1n) is 6.35. The molecule has 0 atom stereocenters. The SMILES string of the molecule is CCOc1c(N)cccc1C(=O)N(CC)C(C)C. The second-order valence-corrected chi connectivity index (χ2v) is 4.34. The van der Waals surface area contributed by atoms with Gasteiger partial charge in [0.25, 0.3) is 5.91 Å². The van der Waals surface area contributed by atoms with Crippen LogP contribution in [0.3, 0.4) is 0 Å². The summed E-state index contributed by atoms with van der Waals surface area (Å²) in [6.45, 7) is 8.98. The van der Waals surface area contributed by atoms with Crippen LogP contribution >= 0.6 is 0 Å². The van der Waals surface area contributed by atoms with E-state index in [1.54, 1.807) is 23.1 Å². The molecule has 0 aliphatic carbocycles. The highest BCUT2D eigenvalue weighted by Gasteiger charge is 2.21. The lowest BCUT2D eigenvalue weighted by Gasteiger charge is -2.26. The van der Waals surface area contributed by atoms with E-state index in [1.165, 1.54) is 0 Å². The quantitative estimate of drug-likeness (QED) is 0.817. The van der Waals surface area contributed by atoms with E-state index in [0.717, 1.165) is 0 Å². The van der Waals surface area contributed by atoms with Crippen LogP contribution in [0.4, 0.5) is 5.69 Å². The first-order chi connectivity index (χ1) is 8.52. The number of nitrogen functional groups attached to an aromatic ring is 1. The molecule has 0 fully saturated rings. The summed E-state index contributed by atoms with van der Waals surface area (Å²) in [7, 11) is 0. The van der Waals surface area contributed by atoms with Gasteiger partial charge >= 0.3 is 0 Å². The predicted octanol–water partition coefficient (Wildman–Crippen LogP) is 2.54. The van der Waals surface area contributed by atoms with Crippen molar-refractivity contribution in [2.75, 3.05) is 18.9 Å². The molecule has 1 amide bonds. The van der Waals surface area contributed by atoms with Crippen molar-refractivity contribution in [3.8, 4) is 5.75 Å². The molecule has 0 saturated heterocycles. The highest BCUT2D eigenvalue weighted by molar-refractivity contribution is 5.98. The molecule has 0 heterocycles. The Morgan fingerprint density at radius 1 is 1.39 bits per heavy atom. The van der Waals surface area contributed by atoms with Crippen molar-refractivity contribution < 1.29 is 9.53 Å². The number of ether oxygens (including phenoxy) is 1. The van der Waals surface area contributed by atoms with Crippen molar-refractivity contribution in [3.63, 3.8) is 0 Å². The molecular formula is C14H22N2O2. The van der Waals surface area contributed by atoms with Gasteiger partial charge in [-0.1, -0.05) is 6.07 Å². The van der Waals surface area contributed by atoms with Gasteiger partial charge in [-0.2, -0.15) is 0 Å². The summed E-state index contributed by atoms with van der Waals surface area (Å²) in [5.74, 6) is 0.451. The summed E-state index contributed by atoms with van der Waals surface area (Å²) in [6, 6.07) is 5.43.